The summed E-state index contributed by atoms with van der Waals surface area (Å²) in [4.78, 5) is 27.4. The quantitative estimate of drug-likeness (QED) is 0.333. The van der Waals surface area contributed by atoms with Crippen molar-refractivity contribution in [3.63, 3.8) is 0 Å². The van der Waals surface area contributed by atoms with Crippen molar-refractivity contribution >= 4 is 28.8 Å². The minimum absolute atomic E-state index is 0.210. The fourth-order valence-corrected chi connectivity index (χ4v) is 3.74. The number of nitrogens with one attached hydrogen (secondary N) is 1. The van der Waals surface area contributed by atoms with Gasteiger partial charge >= 0.3 is 0 Å². The molecule has 0 aliphatic carbocycles. The van der Waals surface area contributed by atoms with Gasteiger partial charge in [0.25, 0.3) is 5.69 Å². The molecule has 8 nitrogen and oxygen atoms in total. The van der Waals surface area contributed by atoms with E-state index in [1.807, 2.05) is 17.5 Å². The number of aromatic nitrogens is 1. The molecule has 2 N–H and O–H groups in total. The molecule has 0 radical (unpaired) electrons. The number of carbonyl (C=O) groups is 1. The van der Waals surface area contributed by atoms with Gasteiger partial charge in [0.05, 0.1) is 15.9 Å². The van der Waals surface area contributed by atoms with E-state index in [4.69, 9.17) is 4.42 Å². The van der Waals surface area contributed by atoms with E-state index in [-0.39, 0.29) is 29.1 Å². The normalized spacial score (nSPS) is 10.7. The number of hydrogen-bond donors (Lipinski definition) is 2. The molecule has 0 aliphatic heterocycles. The number of rotatable bonds is 5. The number of phenolic OH excluding ortho intramolecular Hbond substituents is 1. The maximum atomic E-state index is 11.6. The van der Waals surface area contributed by atoms with Crippen LogP contribution in [0.25, 0.3) is 33.2 Å². The summed E-state index contributed by atoms with van der Waals surface area (Å²) in [5, 5.41) is 25.9. The third-order valence-corrected chi connectivity index (χ3v) is 5.19. The summed E-state index contributed by atoms with van der Waals surface area (Å²) >= 11 is 1.46. The van der Waals surface area contributed by atoms with Gasteiger partial charge in [0.1, 0.15) is 11.4 Å². The summed E-state index contributed by atoms with van der Waals surface area (Å²) < 4.78 is 5.87. The van der Waals surface area contributed by atoms with Crippen molar-refractivity contribution in [1.82, 2.24) is 4.98 Å². The lowest BCUT2D eigenvalue weighted by molar-refractivity contribution is -0.384. The number of nitrogens with zero attached hydrogens (tertiary/aromatic N) is 2. The van der Waals surface area contributed by atoms with Gasteiger partial charge < -0.3 is 9.52 Å². The van der Waals surface area contributed by atoms with Gasteiger partial charge in [-0.1, -0.05) is 24.3 Å². The molecule has 0 saturated carbocycles. The zero-order chi connectivity index (χ0) is 21.3. The van der Waals surface area contributed by atoms with Crippen LogP contribution < -0.4 is 5.32 Å². The highest BCUT2D eigenvalue weighted by molar-refractivity contribution is 7.13. The summed E-state index contributed by atoms with van der Waals surface area (Å²) in [5.74, 6) is -0.0567. The van der Waals surface area contributed by atoms with E-state index in [1.54, 1.807) is 24.3 Å². The number of oxazole rings is 1. The first kappa shape index (κ1) is 19.3. The second-order valence-corrected chi connectivity index (χ2v) is 7.31. The molecule has 1 amide bonds. The third kappa shape index (κ3) is 3.65. The molecule has 2 heterocycles. The Bertz CT molecular complexity index is 1250. The summed E-state index contributed by atoms with van der Waals surface area (Å²) in [6.45, 7) is 1.38. The van der Waals surface area contributed by atoms with Gasteiger partial charge in [0.15, 0.2) is 0 Å². The first-order valence-corrected chi connectivity index (χ1v) is 9.71. The van der Waals surface area contributed by atoms with Crippen LogP contribution in [0.2, 0.25) is 0 Å². The molecule has 4 aromatic rings. The molecule has 30 heavy (non-hydrogen) atoms. The maximum absolute atomic E-state index is 11.6. The Morgan fingerprint density at radius 1 is 1.13 bits per heavy atom. The SMILES string of the molecule is CC(=O)Nc1oc(-c2ccccc2-c2ccc([N+](=O)[O-])cc2O)nc1-c1cccs1. The second kappa shape index (κ2) is 7.80. The van der Waals surface area contributed by atoms with Crippen LogP contribution in [-0.2, 0) is 4.79 Å². The number of non-ortho nitro benzene ring substituents is 1. The first-order valence-electron chi connectivity index (χ1n) is 8.83. The van der Waals surface area contributed by atoms with Crippen LogP contribution in [0, 0.1) is 10.1 Å². The Morgan fingerprint density at radius 2 is 1.90 bits per heavy atom. The van der Waals surface area contributed by atoms with Crippen molar-refractivity contribution in [3.8, 4) is 38.9 Å². The van der Waals surface area contributed by atoms with Crippen LogP contribution in [0.5, 0.6) is 5.75 Å². The Labute approximate surface area is 174 Å². The van der Waals surface area contributed by atoms with E-state index in [0.717, 1.165) is 10.9 Å². The first-order chi connectivity index (χ1) is 14.4. The maximum Gasteiger partial charge on any atom is 0.273 e. The molecule has 0 unspecified atom stereocenters. The highest BCUT2D eigenvalue weighted by Gasteiger charge is 2.21. The van der Waals surface area contributed by atoms with E-state index in [2.05, 4.69) is 10.3 Å². The number of aromatic hydroxyl groups is 1. The van der Waals surface area contributed by atoms with Crippen molar-refractivity contribution in [1.29, 1.82) is 0 Å². The molecule has 150 valence electrons. The molecule has 2 aromatic heterocycles. The van der Waals surface area contributed by atoms with Crippen molar-refractivity contribution in [2.45, 2.75) is 6.92 Å². The topological polar surface area (TPSA) is 118 Å². The standard InChI is InChI=1S/C21H15N3O5S/c1-12(25)22-21-19(18-7-4-10-30-18)23-20(29-21)16-6-3-2-5-14(16)15-9-8-13(24(27)28)11-17(15)26/h2-11,26H,1H3,(H,22,25). The van der Waals surface area contributed by atoms with Crippen LogP contribution >= 0.6 is 11.3 Å². The fraction of sp³-hybridized carbons (Fsp3) is 0.0476. The number of nitro benzene ring substituents is 1. The zero-order valence-corrected chi connectivity index (χ0v) is 16.5. The summed E-state index contributed by atoms with van der Waals surface area (Å²) in [6, 6.07) is 14.7. The number of nitro groups is 1. The molecule has 0 spiro atoms. The molecule has 0 bridgehead atoms. The van der Waals surface area contributed by atoms with Gasteiger partial charge in [-0.3, -0.25) is 20.2 Å². The van der Waals surface area contributed by atoms with Gasteiger partial charge in [-0.15, -0.1) is 11.3 Å². The number of anilines is 1. The number of phenols is 1. The van der Waals surface area contributed by atoms with Gasteiger partial charge in [0, 0.05) is 24.1 Å². The van der Waals surface area contributed by atoms with Crippen LogP contribution in [-0.4, -0.2) is 20.9 Å². The smallest absolute Gasteiger partial charge is 0.273 e. The van der Waals surface area contributed by atoms with Crippen molar-refractivity contribution in [2.24, 2.45) is 0 Å². The van der Waals surface area contributed by atoms with E-state index in [0.29, 0.717) is 22.4 Å². The largest absolute Gasteiger partial charge is 0.507 e. The number of amides is 1. The highest BCUT2D eigenvalue weighted by atomic mass is 32.1. The Morgan fingerprint density at radius 3 is 2.53 bits per heavy atom. The predicted octanol–water partition coefficient (Wildman–Crippen LogP) is 5.31. The van der Waals surface area contributed by atoms with Gasteiger partial charge in [-0.05, 0) is 29.1 Å². The number of hydrogen-bond acceptors (Lipinski definition) is 7. The lowest BCUT2D eigenvalue weighted by atomic mass is 9.98. The molecular weight excluding hydrogens is 406 g/mol. The van der Waals surface area contributed by atoms with E-state index < -0.39 is 4.92 Å². The molecule has 2 aromatic carbocycles. The van der Waals surface area contributed by atoms with E-state index in [9.17, 15) is 20.0 Å². The van der Waals surface area contributed by atoms with Crippen molar-refractivity contribution in [3.05, 3.63) is 70.1 Å². The van der Waals surface area contributed by atoms with E-state index in [1.165, 1.54) is 30.4 Å². The zero-order valence-electron chi connectivity index (χ0n) is 15.7. The Kier molecular flexibility index (Phi) is 5.03. The van der Waals surface area contributed by atoms with Crippen LogP contribution in [0.15, 0.2) is 64.4 Å². The Hall–Kier alpha value is -3.98. The van der Waals surface area contributed by atoms with Crippen LogP contribution in [0.3, 0.4) is 0 Å². The van der Waals surface area contributed by atoms with E-state index >= 15 is 0 Å². The Balaban J connectivity index is 1.85. The molecule has 0 saturated heterocycles. The highest BCUT2D eigenvalue weighted by Crippen LogP contribution is 2.41. The van der Waals surface area contributed by atoms with Crippen LogP contribution in [0.1, 0.15) is 6.92 Å². The average Bonchev–Trinajstić information content (AvgIpc) is 3.37. The fourth-order valence-electron chi connectivity index (χ4n) is 3.03. The van der Waals surface area contributed by atoms with Gasteiger partial charge in [-0.2, -0.15) is 0 Å². The summed E-state index contributed by atoms with van der Waals surface area (Å²) in [5.41, 5.74) is 1.83. The van der Waals surface area contributed by atoms with Gasteiger partial charge in [0.2, 0.25) is 17.7 Å². The molecule has 9 heteroatoms. The molecule has 0 atom stereocenters. The lowest BCUT2D eigenvalue weighted by Crippen LogP contribution is -2.05. The molecule has 0 aliphatic rings. The molecule has 4 rings (SSSR count). The van der Waals surface area contributed by atoms with Crippen LogP contribution in [0.4, 0.5) is 11.6 Å². The minimum Gasteiger partial charge on any atom is -0.507 e. The number of carbonyl (C=O) groups excluding carboxylic acids is 1. The second-order valence-electron chi connectivity index (χ2n) is 6.36. The summed E-state index contributed by atoms with van der Waals surface area (Å²) in [7, 11) is 0. The predicted molar refractivity (Wildman–Crippen MR) is 113 cm³/mol. The minimum atomic E-state index is -0.573. The molecule has 0 fully saturated rings. The monoisotopic (exact) mass is 421 g/mol. The van der Waals surface area contributed by atoms with Crippen molar-refractivity contribution < 1.29 is 19.2 Å². The third-order valence-electron chi connectivity index (χ3n) is 4.31. The van der Waals surface area contributed by atoms with Crippen molar-refractivity contribution in [2.75, 3.05) is 5.32 Å². The summed E-state index contributed by atoms with van der Waals surface area (Å²) in [6.07, 6.45) is 0. The number of thiophene rings is 1. The number of benzene rings is 2. The lowest BCUT2D eigenvalue weighted by Gasteiger charge is -2.08. The van der Waals surface area contributed by atoms with Gasteiger partial charge in [-0.25, -0.2) is 4.98 Å². The average molecular weight is 421 g/mol. The molecular formula is C21H15N3O5S.